The fourth-order valence-electron chi connectivity index (χ4n) is 1.33. The van der Waals surface area contributed by atoms with Crippen molar-refractivity contribution >= 4 is 7.92 Å². The average molecular weight is 191 g/mol. The Morgan fingerprint density at radius 3 is 1.83 bits per heavy atom. The fourth-order valence-corrected chi connectivity index (χ4v) is 2.13. The van der Waals surface area contributed by atoms with Crippen molar-refractivity contribution in [1.29, 1.82) is 0 Å². The van der Waals surface area contributed by atoms with E-state index in [9.17, 15) is 0 Å². The van der Waals surface area contributed by atoms with Crippen molar-refractivity contribution in [2.24, 2.45) is 0 Å². The summed E-state index contributed by atoms with van der Waals surface area (Å²) >= 11 is 0. The molecule has 1 nitrogen and oxygen atoms in total. The van der Waals surface area contributed by atoms with E-state index in [4.69, 9.17) is 0 Å². The summed E-state index contributed by atoms with van der Waals surface area (Å²) in [6.45, 7) is 15.8. The average Bonchev–Trinajstić information content (AvgIpc) is 2.04. The highest BCUT2D eigenvalue weighted by molar-refractivity contribution is 7.56. The molecule has 74 valence electrons. The second-order valence-corrected chi connectivity index (χ2v) is 7.55. The molecule has 12 heavy (non-hydrogen) atoms. The van der Waals surface area contributed by atoms with Gasteiger partial charge < -0.3 is 4.48 Å². The van der Waals surface area contributed by atoms with E-state index in [1.54, 1.807) is 0 Å². The van der Waals surface area contributed by atoms with Gasteiger partial charge in [0.25, 0.3) is 0 Å². The fraction of sp³-hybridized carbons (Fsp3) is 1.00. The van der Waals surface area contributed by atoms with Gasteiger partial charge in [0.05, 0.1) is 20.1 Å². The van der Waals surface area contributed by atoms with E-state index < -0.39 is 0 Å². The van der Waals surface area contributed by atoms with Crippen LogP contribution in [-0.4, -0.2) is 50.2 Å². The number of hydrogen-bond acceptors (Lipinski definition) is 0. The second kappa shape index (κ2) is 5.19. The van der Waals surface area contributed by atoms with E-state index in [0.717, 1.165) is 5.66 Å². The molecule has 0 aliphatic rings. The van der Waals surface area contributed by atoms with E-state index >= 15 is 0 Å². The van der Waals surface area contributed by atoms with Crippen LogP contribution in [-0.2, 0) is 0 Å². The van der Waals surface area contributed by atoms with Gasteiger partial charge in [0.1, 0.15) is 12.2 Å². The summed E-state index contributed by atoms with van der Waals surface area (Å²) in [6, 6.07) is 0. The first kappa shape index (κ1) is 12.4. The Morgan fingerprint density at radius 1 is 1.17 bits per heavy atom. The number of hydrogen-bond donors (Lipinski definition) is 0. The molecule has 2 heteroatoms. The topological polar surface area (TPSA) is 0 Å². The standard InChI is InChI=1S/C10H25NP/c1-7-11(4,8-2)9-10(3)12(5)6/h10H,7-9H2,1-6H3/q+1/p+1. The summed E-state index contributed by atoms with van der Waals surface area (Å²) in [7, 11) is 2.30. The van der Waals surface area contributed by atoms with Crippen LogP contribution in [0.2, 0.25) is 0 Å². The molecule has 0 amide bonds. The molecule has 0 fully saturated rings. The van der Waals surface area contributed by atoms with Crippen molar-refractivity contribution in [3.05, 3.63) is 0 Å². The van der Waals surface area contributed by atoms with Gasteiger partial charge in [0.15, 0.2) is 0 Å². The highest BCUT2D eigenvalue weighted by Crippen LogP contribution is 2.33. The van der Waals surface area contributed by atoms with Crippen LogP contribution in [0, 0.1) is 0 Å². The van der Waals surface area contributed by atoms with Crippen LogP contribution in [0.4, 0.5) is 0 Å². The quantitative estimate of drug-likeness (QED) is 0.462. The molecule has 0 aromatic heterocycles. The van der Waals surface area contributed by atoms with Gasteiger partial charge in [-0.1, -0.05) is 0 Å². The van der Waals surface area contributed by atoms with Gasteiger partial charge in [-0.2, -0.15) is 0 Å². The summed E-state index contributed by atoms with van der Waals surface area (Å²) in [5.74, 6) is 0. The minimum atomic E-state index is -0.0805. The lowest BCUT2D eigenvalue weighted by molar-refractivity contribution is -0.905. The van der Waals surface area contributed by atoms with E-state index in [-0.39, 0.29) is 7.92 Å². The lowest BCUT2D eigenvalue weighted by atomic mass is 10.3. The third kappa shape index (κ3) is 3.87. The highest BCUT2D eigenvalue weighted by atomic mass is 31.1. The van der Waals surface area contributed by atoms with Crippen LogP contribution >= 0.6 is 7.92 Å². The SMILES string of the molecule is CC[N+](C)(CC)CC(C)[PH+](C)C. The minimum Gasteiger partial charge on any atom is -0.323 e. The van der Waals surface area contributed by atoms with E-state index in [0.29, 0.717) is 0 Å². The first-order valence-corrected chi connectivity index (χ1v) is 7.66. The Hall–Kier alpha value is 0.390. The molecule has 1 atom stereocenters. The van der Waals surface area contributed by atoms with Gasteiger partial charge in [-0.15, -0.1) is 0 Å². The largest absolute Gasteiger partial charge is 0.323 e. The smallest absolute Gasteiger partial charge is 0.115 e. The normalized spacial score (nSPS) is 15.2. The van der Waals surface area contributed by atoms with Gasteiger partial charge in [0, 0.05) is 21.3 Å². The zero-order valence-corrected chi connectivity index (χ0v) is 10.6. The molecular weight excluding hydrogens is 165 g/mol. The third-order valence-electron chi connectivity index (χ3n) is 3.23. The maximum atomic E-state index is 2.42. The Kier molecular flexibility index (Phi) is 5.36. The molecule has 0 spiro atoms. The van der Waals surface area contributed by atoms with Crippen LogP contribution in [0.3, 0.4) is 0 Å². The van der Waals surface area contributed by atoms with Crippen molar-refractivity contribution < 1.29 is 4.48 Å². The highest BCUT2D eigenvalue weighted by Gasteiger charge is 2.25. The first-order valence-electron chi connectivity index (χ1n) is 5.08. The van der Waals surface area contributed by atoms with Crippen molar-refractivity contribution in [2.75, 3.05) is 40.0 Å². The molecule has 0 aliphatic carbocycles. The molecule has 1 unspecified atom stereocenters. The molecule has 0 N–H and O–H groups in total. The molecule has 0 radical (unpaired) electrons. The predicted molar refractivity (Wildman–Crippen MR) is 61.8 cm³/mol. The summed E-state index contributed by atoms with van der Waals surface area (Å²) in [6.07, 6.45) is 0. The first-order chi connectivity index (χ1) is 5.45. The molecule has 0 bridgehead atoms. The monoisotopic (exact) mass is 191 g/mol. The van der Waals surface area contributed by atoms with Gasteiger partial charge in [0.2, 0.25) is 0 Å². The maximum absolute atomic E-state index is 2.42. The summed E-state index contributed by atoms with van der Waals surface area (Å²) in [4.78, 5) is 0. The zero-order chi connectivity index (χ0) is 9.78. The van der Waals surface area contributed by atoms with Crippen LogP contribution in [0.5, 0.6) is 0 Å². The Morgan fingerprint density at radius 2 is 1.58 bits per heavy atom. The maximum Gasteiger partial charge on any atom is 0.115 e. The molecule has 0 rings (SSSR count). The molecule has 0 saturated carbocycles. The van der Waals surface area contributed by atoms with Gasteiger partial charge in [-0.05, 0) is 20.8 Å². The van der Waals surface area contributed by atoms with Gasteiger partial charge in [-0.25, -0.2) is 0 Å². The van der Waals surface area contributed by atoms with Crippen molar-refractivity contribution in [2.45, 2.75) is 26.4 Å². The van der Waals surface area contributed by atoms with Crippen molar-refractivity contribution in [1.82, 2.24) is 0 Å². The van der Waals surface area contributed by atoms with E-state index in [2.05, 4.69) is 41.1 Å². The Bertz CT molecular complexity index is 119. The molecule has 0 aromatic rings. The number of quaternary nitrogens is 1. The molecule has 0 aromatic carbocycles. The van der Waals surface area contributed by atoms with Crippen LogP contribution in [0.25, 0.3) is 0 Å². The van der Waals surface area contributed by atoms with E-state index in [1.807, 2.05) is 0 Å². The summed E-state index contributed by atoms with van der Waals surface area (Å²) in [5, 5.41) is 0. The predicted octanol–water partition coefficient (Wildman–Crippen LogP) is 2.34. The molecule has 0 saturated heterocycles. The lowest BCUT2D eigenvalue weighted by Gasteiger charge is -2.33. The van der Waals surface area contributed by atoms with Crippen molar-refractivity contribution in [3.63, 3.8) is 0 Å². The Labute approximate surface area is 79.5 Å². The summed E-state index contributed by atoms with van der Waals surface area (Å²) in [5.41, 5.74) is 0.944. The minimum absolute atomic E-state index is 0.0805. The third-order valence-corrected chi connectivity index (χ3v) is 5.38. The van der Waals surface area contributed by atoms with Gasteiger partial charge >= 0.3 is 0 Å². The number of nitrogens with zero attached hydrogens (tertiary/aromatic N) is 1. The lowest BCUT2D eigenvalue weighted by Crippen LogP contribution is -2.47. The van der Waals surface area contributed by atoms with Gasteiger partial charge in [-0.3, -0.25) is 0 Å². The van der Waals surface area contributed by atoms with E-state index in [1.165, 1.54) is 24.1 Å². The second-order valence-electron chi connectivity index (χ2n) is 4.41. The van der Waals surface area contributed by atoms with Crippen molar-refractivity contribution in [3.8, 4) is 0 Å². The van der Waals surface area contributed by atoms with Crippen LogP contribution < -0.4 is 0 Å². The number of rotatable bonds is 5. The molecule has 0 aliphatic heterocycles. The molecular formula is C10H26NP+2. The Balaban J connectivity index is 4.02. The van der Waals surface area contributed by atoms with Crippen LogP contribution in [0.1, 0.15) is 20.8 Å². The zero-order valence-electron chi connectivity index (χ0n) is 9.65. The molecule has 0 heterocycles. The van der Waals surface area contributed by atoms with Crippen LogP contribution in [0.15, 0.2) is 0 Å². The summed E-state index contributed by atoms with van der Waals surface area (Å²) < 4.78 is 1.25.